The summed E-state index contributed by atoms with van der Waals surface area (Å²) in [5.41, 5.74) is 1.09. The van der Waals surface area contributed by atoms with E-state index in [1.165, 1.54) is 12.1 Å². The largest absolute Gasteiger partial charge is 0.478 e. The molecule has 0 atom stereocenters. The molecule has 0 bridgehead atoms. The average Bonchev–Trinajstić information content (AvgIpc) is 2.45. The summed E-state index contributed by atoms with van der Waals surface area (Å²) in [4.78, 5) is 23.1. The molecule has 0 fully saturated rings. The fourth-order valence-electron chi connectivity index (χ4n) is 1.79. The summed E-state index contributed by atoms with van der Waals surface area (Å²) in [7, 11) is 0. The van der Waals surface area contributed by atoms with Gasteiger partial charge in [0.1, 0.15) is 0 Å². The molecule has 0 aliphatic heterocycles. The molecule has 0 saturated heterocycles. The molecule has 2 rings (SSSR count). The molecule has 2 N–H and O–H groups in total. The smallest absolute Gasteiger partial charge is 0.336 e. The summed E-state index contributed by atoms with van der Waals surface area (Å²) >= 11 is 3.35. The molecular formula is C15H12BrNO3. The van der Waals surface area contributed by atoms with Crippen LogP contribution in [0.1, 0.15) is 26.3 Å². The van der Waals surface area contributed by atoms with Crippen LogP contribution in [0.4, 0.5) is 0 Å². The van der Waals surface area contributed by atoms with Crippen LogP contribution in [-0.4, -0.2) is 17.0 Å². The van der Waals surface area contributed by atoms with Gasteiger partial charge in [-0.15, -0.1) is 0 Å². The van der Waals surface area contributed by atoms with Crippen molar-refractivity contribution in [2.45, 2.75) is 6.54 Å². The summed E-state index contributed by atoms with van der Waals surface area (Å²) in [5, 5.41) is 11.8. The molecule has 0 spiro atoms. The highest BCUT2D eigenvalue weighted by Gasteiger charge is 2.15. The van der Waals surface area contributed by atoms with E-state index in [1.807, 2.05) is 24.3 Å². The summed E-state index contributed by atoms with van der Waals surface area (Å²) in [5.74, 6) is -1.51. The third-order valence-electron chi connectivity index (χ3n) is 2.74. The number of hydrogen-bond acceptors (Lipinski definition) is 2. The maximum atomic E-state index is 12.0. The van der Waals surface area contributed by atoms with E-state index in [1.54, 1.807) is 12.1 Å². The van der Waals surface area contributed by atoms with E-state index in [2.05, 4.69) is 21.2 Å². The van der Waals surface area contributed by atoms with Gasteiger partial charge < -0.3 is 10.4 Å². The van der Waals surface area contributed by atoms with Crippen molar-refractivity contribution in [1.82, 2.24) is 5.32 Å². The Labute approximate surface area is 124 Å². The molecule has 4 nitrogen and oxygen atoms in total. The van der Waals surface area contributed by atoms with Gasteiger partial charge in [-0.3, -0.25) is 4.79 Å². The first-order valence-electron chi connectivity index (χ1n) is 5.93. The van der Waals surface area contributed by atoms with Gasteiger partial charge in [-0.05, 0) is 29.8 Å². The Balaban J connectivity index is 2.11. The van der Waals surface area contributed by atoms with Gasteiger partial charge in [-0.2, -0.15) is 0 Å². The molecule has 0 aliphatic carbocycles. The van der Waals surface area contributed by atoms with Crippen molar-refractivity contribution in [3.8, 4) is 0 Å². The number of carbonyl (C=O) groups excluding carboxylic acids is 1. The molecule has 0 heterocycles. The van der Waals surface area contributed by atoms with Crippen molar-refractivity contribution in [3.05, 3.63) is 69.7 Å². The highest BCUT2D eigenvalue weighted by Crippen LogP contribution is 2.12. The minimum Gasteiger partial charge on any atom is -0.478 e. The number of amides is 1. The standard InChI is InChI=1S/C15H12BrNO3/c16-11-5-3-4-10(8-11)9-17-14(18)12-6-1-2-7-13(12)15(19)20/h1-8H,9H2,(H,17,18)(H,19,20). The molecule has 20 heavy (non-hydrogen) atoms. The van der Waals surface area contributed by atoms with Gasteiger partial charge in [0.25, 0.3) is 5.91 Å². The number of aromatic carboxylic acids is 1. The fourth-order valence-corrected chi connectivity index (χ4v) is 2.24. The Morgan fingerprint density at radius 2 is 1.75 bits per heavy atom. The number of carboxylic acid groups (broad SMARTS) is 1. The van der Waals surface area contributed by atoms with Crippen molar-refractivity contribution in [2.24, 2.45) is 0 Å². The lowest BCUT2D eigenvalue weighted by Crippen LogP contribution is -2.24. The quantitative estimate of drug-likeness (QED) is 0.903. The van der Waals surface area contributed by atoms with Crippen LogP contribution in [0.15, 0.2) is 53.0 Å². The normalized spacial score (nSPS) is 10.1. The number of benzene rings is 2. The van der Waals surface area contributed by atoms with E-state index in [9.17, 15) is 9.59 Å². The maximum Gasteiger partial charge on any atom is 0.336 e. The SMILES string of the molecule is O=C(O)c1ccccc1C(=O)NCc1cccc(Br)c1. The monoisotopic (exact) mass is 333 g/mol. The molecule has 2 aromatic rings. The molecule has 0 saturated carbocycles. The lowest BCUT2D eigenvalue weighted by atomic mass is 10.1. The number of hydrogen-bond donors (Lipinski definition) is 2. The molecule has 2 aromatic carbocycles. The van der Waals surface area contributed by atoms with Crippen LogP contribution in [0, 0.1) is 0 Å². The first kappa shape index (κ1) is 14.3. The molecule has 0 aliphatic rings. The summed E-state index contributed by atoms with van der Waals surface area (Å²) in [6.45, 7) is 0.340. The average molecular weight is 334 g/mol. The van der Waals surface area contributed by atoms with Crippen LogP contribution in [0.3, 0.4) is 0 Å². The van der Waals surface area contributed by atoms with Crippen LogP contribution in [0.5, 0.6) is 0 Å². The van der Waals surface area contributed by atoms with Crippen LogP contribution >= 0.6 is 15.9 Å². The first-order valence-corrected chi connectivity index (χ1v) is 6.72. The topological polar surface area (TPSA) is 66.4 Å². The number of nitrogens with one attached hydrogen (secondary N) is 1. The zero-order chi connectivity index (χ0) is 14.5. The minimum atomic E-state index is -1.11. The van der Waals surface area contributed by atoms with Gasteiger partial charge in [0, 0.05) is 11.0 Å². The van der Waals surface area contributed by atoms with Crippen LogP contribution in [0.25, 0.3) is 0 Å². The van der Waals surface area contributed by atoms with Crippen molar-refractivity contribution in [2.75, 3.05) is 0 Å². The van der Waals surface area contributed by atoms with Crippen molar-refractivity contribution in [1.29, 1.82) is 0 Å². The Bertz CT molecular complexity index is 655. The van der Waals surface area contributed by atoms with Crippen LogP contribution in [-0.2, 0) is 6.54 Å². The van der Waals surface area contributed by atoms with Gasteiger partial charge in [-0.25, -0.2) is 4.79 Å². The number of carboxylic acids is 1. The number of halogens is 1. The van der Waals surface area contributed by atoms with E-state index in [0.29, 0.717) is 6.54 Å². The maximum absolute atomic E-state index is 12.0. The summed E-state index contributed by atoms with van der Waals surface area (Å²) in [6, 6.07) is 13.7. The zero-order valence-electron chi connectivity index (χ0n) is 10.5. The lowest BCUT2D eigenvalue weighted by molar-refractivity contribution is 0.0691. The Morgan fingerprint density at radius 3 is 2.40 bits per heavy atom. The molecule has 102 valence electrons. The molecule has 0 unspecified atom stereocenters. The number of rotatable bonds is 4. The second kappa shape index (κ2) is 6.34. The minimum absolute atomic E-state index is 0.000702. The fraction of sp³-hybridized carbons (Fsp3) is 0.0667. The lowest BCUT2D eigenvalue weighted by Gasteiger charge is -2.08. The third kappa shape index (κ3) is 3.45. The highest BCUT2D eigenvalue weighted by molar-refractivity contribution is 9.10. The van der Waals surface area contributed by atoms with E-state index in [4.69, 9.17) is 5.11 Å². The summed E-state index contributed by atoms with van der Waals surface area (Å²) in [6.07, 6.45) is 0. The van der Waals surface area contributed by atoms with E-state index >= 15 is 0 Å². The second-order valence-electron chi connectivity index (χ2n) is 4.16. The van der Waals surface area contributed by atoms with Gasteiger partial charge in [0.15, 0.2) is 0 Å². The third-order valence-corrected chi connectivity index (χ3v) is 3.24. The summed E-state index contributed by atoms with van der Waals surface area (Å²) < 4.78 is 0.926. The molecule has 1 amide bonds. The van der Waals surface area contributed by atoms with Crippen molar-refractivity contribution < 1.29 is 14.7 Å². The van der Waals surface area contributed by atoms with Crippen LogP contribution in [0.2, 0.25) is 0 Å². The van der Waals surface area contributed by atoms with Crippen LogP contribution < -0.4 is 5.32 Å². The van der Waals surface area contributed by atoms with E-state index in [-0.39, 0.29) is 11.1 Å². The Morgan fingerprint density at radius 1 is 1.05 bits per heavy atom. The van der Waals surface area contributed by atoms with Crippen molar-refractivity contribution >= 4 is 27.8 Å². The van der Waals surface area contributed by atoms with Gasteiger partial charge in [-0.1, -0.05) is 40.2 Å². The molecular weight excluding hydrogens is 322 g/mol. The van der Waals surface area contributed by atoms with Gasteiger partial charge >= 0.3 is 5.97 Å². The van der Waals surface area contributed by atoms with Crippen molar-refractivity contribution in [3.63, 3.8) is 0 Å². The Kier molecular flexibility index (Phi) is 4.53. The predicted molar refractivity (Wildman–Crippen MR) is 78.7 cm³/mol. The zero-order valence-corrected chi connectivity index (χ0v) is 12.1. The van der Waals surface area contributed by atoms with Gasteiger partial charge in [0.2, 0.25) is 0 Å². The predicted octanol–water partition coefficient (Wildman–Crippen LogP) is 3.08. The Hall–Kier alpha value is -2.14. The molecule has 5 heteroatoms. The highest BCUT2D eigenvalue weighted by atomic mass is 79.9. The molecule has 0 radical (unpaired) electrons. The van der Waals surface area contributed by atoms with E-state index < -0.39 is 11.9 Å². The van der Waals surface area contributed by atoms with Gasteiger partial charge in [0.05, 0.1) is 11.1 Å². The molecule has 0 aromatic heterocycles. The first-order chi connectivity index (χ1) is 9.58. The number of carbonyl (C=O) groups is 2. The van der Waals surface area contributed by atoms with E-state index in [0.717, 1.165) is 10.0 Å². The second-order valence-corrected chi connectivity index (χ2v) is 5.08.